The van der Waals surface area contributed by atoms with Crippen molar-refractivity contribution in [1.82, 2.24) is 0 Å². The van der Waals surface area contributed by atoms with E-state index in [0.717, 1.165) is 41.3 Å². The van der Waals surface area contributed by atoms with E-state index >= 15 is 0 Å². The van der Waals surface area contributed by atoms with Gasteiger partial charge in [-0.05, 0) is 43.5 Å². The van der Waals surface area contributed by atoms with Crippen molar-refractivity contribution in [1.29, 1.82) is 0 Å². The van der Waals surface area contributed by atoms with Crippen molar-refractivity contribution in [3.8, 4) is 5.75 Å². The number of hydrogen-bond acceptors (Lipinski definition) is 2. The summed E-state index contributed by atoms with van der Waals surface area (Å²) in [7, 11) is 0. The molecule has 0 amide bonds. The lowest BCUT2D eigenvalue weighted by Crippen LogP contribution is -2.52. The van der Waals surface area contributed by atoms with Gasteiger partial charge in [-0.2, -0.15) is 0 Å². The molecule has 1 saturated carbocycles. The Labute approximate surface area is 125 Å². The van der Waals surface area contributed by atoms with Gasteiger partial charge in [0.2, 0.25) is 0 Å². The predicted octanol–water partition coefficient (Wildman–Crippen LogP) is 4.51. The molecule has 2 nitrogen and oxygen atoms in total. The molecule has 106 valence electrons. The summed E-state index contributed by atoms with van der Waals surface area (Å²) in [6.45, 7) is 6.83. The van der Waals surface area contributed by atoms with Crippen LogP contribution >= 0.6 is 23.2 Å². The van der Waals surface area contributed by atoms with Gasteiger partial charge in [0.1, 0.15) is 18.0 Å². The maximum atomic E-state index is 6.19. The first kappa shape index (κ1) is 15.0. The molecule has 2 rings (SSSR count). The molecule has 0 radical (unpaired) electrons. The fourth-order valence-electron chi connectivity index (χ4n) is 2.34. The van der Waals surface area contributed by atoms with Crippen LogP contribution in [0.1, 0.15) is 30.9 Å². The second-order valence-electron chi connectivity index (χ2n) is 5.11. The lowest BCUT2D eigenvalue weighted by molar-refractivity contribution is -0.0801. The van der Waals surface area contributed by atoms with Gasteiger partial charge in [0.15, 0.2) is 0 Å². The largest absolute Gasteiger partial charge is 0.487 e. The van der Waals surface area contributed by atoms with Crippen LogP contribution in [-0.4, -0.2) is 24.2 Å². The van der Waals surface area contributed by atoms with Crippen LogP contribution in [0.15, 0.2) is 12.1 Å². The Bertz CT molecular complexity index is 425. The minimum atomic E-state index is -0.00362. The molecule has 0 spiro atoms. The minimum Gasteiger partial charge on any atom is -0.487 e. The first-order valence-corrected chi connectivity index (χ1v) is 7.53. The first-order valence-electron chi connectivity index (χ1n) is 6.72. The Kier molecular flexibility index (Phi) is 4.99. The fraction of sp³-hybridized carbons (Fsp3) is 0.600. The highest BCUT2D eigenvalue weighted by Gasteiger charge is 2.43. The number of rotatable bonds is 5. The van der Waals surface area contributed by atoms with Crippen molar-refractivity contribution >= 4 is 23.2 Å². The molecule has 1 aliphatic rings. The zero-order chi connectivity index (χ0) is 14.0. The number of ether oxygens (including phenoxy) is 2. The normalized spacial score (nSPS) is 26.1. The Hall–Kier alpha value is -0.440. The zero-order valence-corrected chi connectivity index (χ0v) is 13.1. The van der Waals surface area contributed by atoms with Gasteiger partial charge in [-0.3, -0.25) is 0 Å². The Morgan fingerprint density at radius 1 is 1.26 bits per heavy atom. The summed E-state index contributed by atoms with van der Waals surface area (Å²) in [6, 6.07) is 3.84. The standard InChI is InChI=1S/C15H20Cl2O2/c1-4-5-18-15-12(17)8-13(15)19-14-9(2)6-11(16)7-10(14)3/h6-7,12-13,15H,4-5,8H2,1-3H3. The smallest absolute Gasteiger partial charge is 0.128 e. The van der Waals surface area contributed by atoms with Crippen molar-refractivity contribution in [2.24, 2.45) is 0 Å². The van der Waals surface area contributed by atoms with Crippen molar-refractivity contribution in [2.75, 3.05) is 6.61 Å². The van der Waals surface area contributed by atoms with Crippen LogP contribution in [0.25, 0.3) is 0 Å². The van der Waals surface area contributed by atoms with E-state index in [1.165, 1.54) is 0 Å². The van der Waals surface area contributed by atoms with Crippen LogP contribution in [0.4, 0.5) is 0 Å². The second kappa shape index (κ2) is 6.34. The first-order chi connectivity index (χ1) is 9.02. The number of alkyl halides is 1. The van der Waals surface area contributed by atoms with Gasteiger partial charge in [0.25, 0.3) is 0 Å². The van der Waals surface area contributed by atoms with Gasteiger partial charge in [0, 0.05) is 18.1 Å². The molecule has 19 heavy (non-hydrogen) atoms. The monoisotopic (exact) mass is 302 g/mol. The Balaban J connectivity index is 2.05. The second-order valence-corrected chi connectivity index (χ2v) is 6.11. The van der Waals surface area contributed by atoms with Gasteiger partial charge >= 0.3 is 0 Å². The lowest BCUT2D eigenvalue weighted by Gasteiger charge is -2.41. The van der Waals surface area contributed by atoms with Crippen LogP contribution in [0, 0.1) is 13.8 Å². The van der Waals surface area contributed by atoms with E-state index in [1.807, 2.05) is 26.0 Å². The zero-order valence-electron chi connectivity index (χ0n) is 11.6. The van der Waals surface area contributed by atoms with E-state index in [1.54, 1.807) is 0 Å². The van der Waals surface area contributed by atoms with E-state index < -0.39 is 0 Å². The maximum Gasteiger partial charge on any atom is 0.128 e. The van der Waals surface area contributed by atoms with Crippen molar-refractivity contribution in [3.05, 3.63) is 28.3 Å². The highest BCUT2D eigenvalue weighted by Crippen LogP contribution is 2.36. The van der Waals surface area contributed by atoms with E-state index in [2.05, 4.69) is 6.92 Å². The van der Waals surface area contributed by atoms with E-state index in [9.17, 15) is 0 Å². The minimum absolute atomic E-state index is 0.00362. The third kappa shape index (κ3) is 3.36. The van der Waals surface area contributed by atoms with Crippen molar-refractivity contribution < 1.29 is 9.47 Å². The van der Waals surface area contributed by atoms with Gasteiger partial charge in [-0.15, -0.1) is 11.6 Å². The van der Waals surface area contributed by atoms with Gasteiger partial charge in [-0.1, -0.05) is 18.5 Å². The van der Waals surface area contributed by atoms with Crippen LogP contribution in [0.5, 0.6) is 5.75 Å². The Morgan fingerprint density at radius 2 is 1.89 bits per heavy atom. The number of halogens is 2. The van der Waals surface area contributed by atoms with E-state index in [0.29, 0.717) is 0 Å². The molecule has 0 saturated heterocycles. The van der Waals surface area contributed by atoms with E-state index in [-0.39, 0.29) is 17.6 Å². The highest BCUT2D eigenvalue weighted by molar-refractivity contribution is 6.30. The molecule has 3 atom stereocenters. The van der Waals surface area contributed by atoms with Gasteiger partial charge in [-0.25, -0.2) is 0 Å². The third-order valence-electron chi connectivity index (χ3n) is 3.39. The molecule has 0 aliphatic heterocycles. The molecule has 1 aromatic rings. The summed E-state index contributed by atoms with van der Waals surface area (Å²) in [6.07, 6.45) is 1.87. The van der Waals surface area contributed by atoms with Crippen LogP contribution in [-0.2, 0) is 4.74 Å². The predicted molar refractivity (Wildman–Crippen MR) is 79.6 cm³/mol. The molecular formula is C15H20Cl2O2. The molecule has 1 aromatic carbocycles. The molecule has 1 fully saturated rings. The van der Waals surface area contributed by atoms with E-state index in [4.69, 9.17) is 32.7 Å². The van der Waals surface area contributed by atoms with Crippen LogP contribution in [0.3, 0.4) is 0 Å². The summed E-state index contributed by atoms with van der Waals surface area (Å²) in [5.41, 5.74) is 2.11. The molecule has 0 aromatic heterocycles. The highest BCUT2D eigenvalue weighted by atomic mass is 35.5. The maximum absolute atomic E-state index is 6.19. The molecule has 0 heterocycles. The summed E-state index contributed by atoms with van der Waals surface area (Å²) >= 11 is 12.2. The topological polar surface area (TPSA) is 18.5 Å². The van der Waals surface area contributed by atoms with Crippen LogP contribution in [0.2, 0.25) is 5.02 Å². The molecule has 0 N–H and O–H groups in total. The number of aryl methyl sites for hydroxylation is 2. The summed E-state index contributed by atoms with van der Waals surface area (Å²) in [5.74, 6) is 0.906. The molecule has 0 bridgehead atoms. The van der Waals surface area contributed by atoms with Gasteiger partial charge in [0.05, 0.1) is 5.38 Å². The molecule has 3 unspecified atom stereocenters. The van der Waals surface area contributed by atoms with Crippen LogP contribution < -0.4 is 4.74 Å². The summed E-state index contributed by atoms with van der Waals surface area (Å²) in [4.78, 5) is 0. The quantitative estimate of drug-likeness (QED) is 0.745. The number of hydrogen-bond donors (Lipinski definition) is 0. The molecular weight excluding hydrogens is 283 g/mol. The van der Waals surface area contributed by atoms with Gasteiger partial charge < -0.3 is 9.47 Å². The fourth-order valence-corrected chi connectivity index (χ4v) is 3.08. The molecule has 1 aliphatic carbocycles. The average Bonchev–Trinajstić information content (AvgIpc) is 2.32. The summed E-state index contributed by atoms with van der Waals surface area (Å²) < 4.78 is 11.8. The average molecular weight is 303 g/mol. The van der Waals surface area contributed by atoms with Crippen molar-refractivity contribution in [2.45, 2.75) is 51.2 Å². The lowest BCUT2D eigenvalue weighted by atomic mass is 9.90. The van der Waals surface area contributed by atoms with Crippen molar-refractivity contribution in [3.63, 3.8) is 0 Å². The molecule has 4 heteroatoms. The SMILES string of the molecule is CCCOC1C(Cl)CC1Oc1c(C)cc(Cl)cc1C. The summed E-state index contributed by atoms with van der Waals surface area (Å²) in [5, 5.41) is 0.800. The third-order valence-corrected chi connectivity index (χ3v) is 4.03. The Morgan fingerprint density at radius 3 is 2.42 bits per heavy atom. The number of benzene rings is 1.